The Balaban J connectivity index is 0.00000288. The smallest absolute Gasteiger partial charge is 0.343 e. The molecule has 0 saturated carbocycles. The first kappa shape index (κ1) is 20.2. The van der Waals surface area contributed by atoms with Crippen molar-refractivity contribution in [1.29, 1.82) is 0 Å². The summed E-state index contributed by atoms with van der Waals surface area (Å²) in [6.07, 6.45) is 0.186. The molecule has 0 bridgehead atoms. The summed E-state index contributed by atoms with van der Waals surface area (Å²) in [6.45, 7) is 0.979. The van der Waals surface area contributed by atoms with E-state index in [0.717, 1.165) is 5.56 Å². The van der Waals surface area contributed by atoms with E-state index in [9.17, 15) is 9.90 Å². The van der Waals surface area contributed by atoms with Crippen LogP contribution in [0.15, 0.2) is 60.7 Å². The number of likely N-dealkylation sites (N-methyl/N-ethyl adjacent to an activating group) is 1. The SMILES string of the molecule is C[NH+](C)CCOC(=O)C(O)(Cc1ccccc1)c1ccccc1.[Cl-]. The fourth-order valence-corrected chi connectivity index (χ4v) is 2.36. The number of rotatable bonds is 7. The average molecular weight is 350 g/mol. The summed E-state index contributed by atoms with van der Waals surface area (Å²) in [4.78, 5) is 13.8. The number of hydrogen-bond acceptors (Lipinski definition) is 3. The minimum atomic E-state index is -1.68. The number of carbonyl (C=O) groups is 1. The molecule has 0 aromatic heterocycles. The van der Waals surface area contributed by atoms with Gasteiger partial charge < -0.3 is 27.2 Å². The van der Waals surface area contributed by atoms with Gasteiger partial charge in [-0.15, -0.1) is 0 Å². The van der Waals surface area contributed by atoms with Gasteiger partial charge in [-0.25, -0.2) is 4.79 Å². The van der Waals surface area contributed by atoms with Crippen molar-refractivity contribution in [3.8, 4) is 0 Å². The van der Waals surface area contributed by atoms with Crippen LogP contribution < -0.4 is 17.3 Å². The van der Waals surface area contributed by atoms with Gasteiger partial charge in [0.2, 0.25) is 0 Å². The predicted octanol–water partition coefficient (Wildman–Crippen LogP) is -2.19. The zero-order valence-electron chi connectivity index (χ0n) is 14.0. The van der Waals surface area contributed by atoms with E-state index < -0.39 is 11.6 Å². The standard InChI is InChI=1S/C19H23NO3.ClH/c1-20(2)13-14-23-18(21)19(22,17-11-7-4-8-12-17)15-16-9-5-3-6-10-16;/h3-12,22H,13-15H2,1-2H3;1H. The average Bonchev–Trinajstić information content (AvgIpc) is 2.56. The number of nitrogens with one attached hydrogen (secondary N) is 1. The molecule has 0 aliphatic rings. The van der Waals surface area contributed by atoms with Crippen molar-refractivity contribution >= 4 is 5.97 Å². The van der Waals surface area contributed by atoms with Gasteiger partial charge in [-0.3, -0.25) is 0 Å². The van der Waals surface area contributed by atoms with Crippen molar-refractivity contribution in [3.63, 3.8) is 0 Å². The minimum Gasteiger partial charge on any atom is -1.00 e. The van der Waals surface area contributed by atoms with Crippen LogP contribution in [0.25, 0.3) is 0 Å². The van der Waals surface area contributed by atoms with Crippen LogP contribution in [0.3, 0.4) is 0 Å². The molecule has 2 aromatic carbocycles. The lowest BCUT2D eigenvalue weighted by Gasteiger charge is -2.26. The normalized spacial score (nSPS) is 13.0. The van der Waals surface area contributed by atoms with Crippen LogP contribution >= 0.6 is 0 Å². The van der Waals surface area contributed by atoms with E-state index in [1.807, 2.05) is 62.6 Å². The first-order valence-electron chi connectivity index (χ1n) is 7.80. The maximum Gasteiger partial charge on any atom is 0.343 e. The van der Waals surface area contributed by atoms with Gasteiger partial charge in [0.25, 0.3) is 0 Å². The zero-order chi connectivity index (χ0) is 16.7. The predicted molar refractivity (Wildman–Crippen MR) is 89.1 cm³/mol. The topological polar surface area (TPSA) is 51.0 Å². The Hall–Kier alpha value is -1.88. The second-order valence-corrected chi connectivity index (χ2v) is 5.98. The molecule has 0 radical (unpaired) electrons. The summed E-state index contributed by atoms with van der Waals surface area (Å²) in [6, 6.07) is 18.4. The number of halogens is 1. The van der Waals surface area contributed by atoms with Gasteiger partial charge in [0.1, 0.15) is 13.2 Å². The maximum absolute atomic E-state index is 12.6. The number of carbonyl (C=O) groups excluding carboxylic acids is 1. The monoisotopic (exact) mass is 349 g/mol. The third-order valence-corrected chi connectivity index (χ3v) is 3.73. The molecule has 4 nitrogen and oxygen atoms in total. The summed E-state index contributed by atoms with van der Waals surface area (Å²) in [7, 11) is 3.97. The molecule has 2 rings (SSSR count). The maximum atomic E-state index is 12.6. The molecule has 0 aliphatic carbocycles. The van der Waals surface area contributed by atoms with E-state index in [0.29, 0.717) is 12.1 Å². The van der Waals surface area contributed by atoms with Gasteiger partial charge in [0.05, 0.1) is 14.1 Å². The number of ether oxygens (including phenoxy) is 1. The molecule has 0 spiro atoms. The molecule has 0 amide bonds. The largest absolute Gasteiger partial charge is 1.00 e. The summed E-state index contributed by atoms with van der Waals surface area (Å²) in [5.41, 5.74) is -0.246. The Kier molecular flexibility index (Phi) is 7.92. The van der Waals surface area contributed by atoms with E-state index >= 15 is 0 Å². The van der Waals surface area contributed by atoms with Gasteiger partial charge in [0.15, 0.2) is 5.60 Å². The highest BCUT2D eigenvalue weighted by Crippen LogP contribution is 2.27. The molecule has 0 fully saturated rings. The second kappa shape index (κ2) is 9.42. The molecule has 0 heterocycles. The molecule has 5 heteroatoms. The molecule has 0 aliphatic heterocycles. The highest BCUT2D eigenvalue weighted by atomic mass is 35.5. The third kappa shape index (κ3) is 5.34. The van der Waals surface area contributed by atoms with Gasteiger partial charge in [-0.1, -0.05) is 60.7 Å². The highest BCUT2D eigenvalue weighted by Gasteiger charge is 2.39. The second-order valence-electron chi connectivity index (χ2n) is 5.98. The lowest BCUT2D eigenvalue weighted by molar-refractivity contribution is -0.858. The number of aliphatic hydroxyl groups is 1. The van der Waals surface area contributed by atoms with Gasteiger partial charge >= 0.3 is 5.97 Å². The fraction of sp³-hybridized carbons (Fsp3) is 0.316. The van der Waals surface area contributed by atoms with Crippen molar-refractivity contribution in [3.05, 3.63) is 71.8 Å². The van der Waals surface area contributed by atoms with Crippen molar-refractivity contribution in [2.45, 2.75) is 12.0 Å². The number of esters is 1. The van der Waals surface area contributed by atoms with Crippen molar-refractivity contribution < 1.29 is 31.9 Å². The number of hydrogen-bond donors (Lipinski definition) is 2. The quantitative estimate of drug-likeness (QED) is 0.558. The number of quaternary nitrogens is 1. The lowest BCUT2D eigenvalue weighted by atomic mass is 9.87. The first-order valence-corrected chi connectivity index (χ1v) is 7.80. The first-order chi connectivity index (χ1) is 11.0. The Labute approximate surface area is 149 Å². The van der Waals surface area contributed by atoms with Gasteiger partial charge in [-0.05, 0) is 11.1 Å². The summed E-state index contributed by atoms with van der Waals surface area (Å²) < 4.78 is 5.33. The Bertz CT molecular complexity index is 619. The molecule has 0 saturated heterocycles. The molecular formula is C19H24ClNO3. The van der Waals surface area contributed by atoms with Crippen LogP contribution in [-0.2, 0) is 21.6 Å². The molecule has 1 unspecified atom stereocenters. The van der Waals surface area contributed by atoms with Crippen LogP contribution in [0.1, 0.15) is 11.1 Å². The van der Waals surface area contributed by atoms with Crippen LogP contribution in [-0.4, -0.2) is 38.3 Å². The fourth-order valence-electron chi connectivity index (χ4n) is 2.36. The van der Waals surface area contributed by atoms with E-state index in [1.165, 1.54) is 4.90 Å². The van der Waals surface area contributed by atoms with Crippen LogP contribution in [0.4, 0.5) is 0 Å². The van der Waals surface area contributed by atoms with E-state index in [1.54, 1.807) is 12.1 Å². The molecular weight excluding hydrogens is 326 g/mol. The summed E-state index contributed by atoms with van der Waals surface area (Å²) in [5.74, 6) is -0.603. The van der Waals surface area contributed by atoms with Crippen LogP contribution in [0.2, 0.25) is 0 Å². The van der Waals surface area contributed by atoms with Crippen molar-refractivity contribution in [2.24, 2.45) is 0 Å². The molecule has 2 N–H and O–H groups in total. The lowest BCUT2D eigenvalue weighted by Crippen LogP contribution is -3.06. The van der Waals surface area contributed by atoms with Crippen LogP contribution in [0.5, 0.6) is 0 Å². The van der Waals surface area contributed by atoms with Crippen molar-refractivity contribution in [2.75, 3.05) is 27.2 Å². The zero-order valence-corrected chi connectivity index (χ0v) is 14.8. The van der Waals surface area contributed by atoms with E-state index in [4.69, 9.17) is 4.74 Å². The summed E-state index contributed by atoms with van der Waals surface area (Å²) >= 11 is 0. The number of benzene rings is 2. The molecule has 1 atom stereocenters. The summed E-state index contributed by atoms with van der Waals surface area (Å²) in [5, 5.41) is 11.1. The van der Waals surface area contributed by atoms with Gasteiger partial charge in [0, 0.05) is 6.42 Å². The minimum absolute atomic E-state index is 0. The van der Waals surface area contributed by atoms with E-state index in [-0.39, 0.29) is 25.4 Å². The van der Waals surface area contributed by atoms with Gasteiger partial charge in [-0.2, -0.15) is 0 Å². The Morgan fingerprint density at radius 1 is 1.04 bits per heavy atom. The van der Waals surface area contributed by atoms with E-state index in [2.05, 4.69) is 0 Å². The van der Waals surface area contributed by atoms with Crippen LogP contribution in [0, 0.1) is 0 Å². The highest BCUT2D eigenvalue weighted by molar-refractivity contribution is 5.81. The molecule has 24 heavy (non-hydrogen) atoms. The Morgan fingerprint density at radius 3 is 2.12 bits per heavy atom. The molecule has 130 valence electrons. The molecule has 2 aromatic rings. The Morgan fingerprint density at radius 2 is 1.58 bits per heavy atom. The van der Waals surface area contributed by atoms with Crippen molar-refractivity contribution in [1.82, 2.24) is 0 Å². The third-order valence-electron chi connectivity index (χ3n) is 3.73.